The molecule has 146 valence electrons. The van der Waals surface area contributed by atoms with Crippen LogP contribution in [0.25, 0.3) is 0 Å². The number of nitro benzene ring substituents is 1. The number of para-hydroxylation sites is 1. The van der Waals surface area contributed by atoms with Gasteiger partial charge in [-0.15, -0.1) is 23.4 Å². The van der Waals surface area contributed by atoms with Crippen molar-refractivity contribution in [1.29, 1.82) is 0 Å². The number of aliphatic carboxylic acids is 1. The van der Waals surface area contributed by atoms with Crippen LogP contribution < -0.4 is 10.4 Å². The van der Waals surface area contributed by atoms with Gasteiger partial charge in [0.25, 0.3) is 5.69 Å². The number of benzene rings is 2. The molecule has 0 bridgehead atoms. The van der Waals surface area contributed by atoms with Gasteiger partial charge in [-0.05, 0) is 42.2 Å². The van der Waals surface area contributed by atoms with Gasteiger partial charge in [0.2, 0.25) is 0 Å². The van der Waals surface area contributed by atoms with Gasteiger partial charge < -0.3 is 15.2 Å². The monoisotopic (exact) mass is 437 g/mol. The van der Waals surface area contributed by atoms with E-state index in [1.807, 2.05) is 0 Å². The largest absolute Gasteiger partial charge is 0.548 e. The molecule has 5 atom stereocenters. The summed E-state index contributed by atoms with van der Waals surface area (Å²) in [5.41, 5.74) is 1.58. The van der Waals surface area contributed by atoms with Gasteiger partial charge in [-0.3, -0.25) is 10.1 Å². The summed E-state index contributed by atoms with van der Waals surface area (Å²) in [7, 11) is 0. The number of nitro groups is 1. The molecule has 9 heteroatoms. The predicted octanol–water partition coefficient (Wildman–Crippen LogP) is 3.66. The summed E-state index contributed by atoms with van der Waals surface area (Å²) in [4.78, 5) is 23.2. The van der Waals surface area contributed by atoms with E-state index in [-0.39, 0.29) is 22.8 Å². The summed E-state index contributed by atoms with van der Waals surface area (Å²) in [6.07, 6.45) is 0.493. The fourth-order valence-corrected chi connectivity index (χ4v) is 6.32. The van der Waals surface area contributed by atoms with E-state index < -0.39 is 22.3 Å². The number of nitrogens with one attached hydrogen (secondary N) is 1. The molecule has 1 fully saturated rings. The molecule has 0 amide bonds. The molecule has 28 heavy (non-hydrogen) atoms. The van der Waals surface area contributed by atoms with Crippen LogP contribution in [0.1, 0.15) is 17.9 Å². The van der Waals surface area contributed by atoms with Crippen LogP contribution >= 0.6 is 35.0 Å². The number of thioether (sulfide) groups is 1. The molecule has 2 aromatic rings. The van der Waals surface area contributed by atoms with Crippen LogP contribution in [0.4, 0.5) is 11.4 Å². The molecule has 4 rings (SSSR count). The highest BCUT2D eigenvalue weighted by atomic mass is 35.5. The zero-order chi connectivity index (χ0) is 20.0. The average molecular weight is 438 g/mol. The molecule has 1 aliphatic heterocycles. The third kappa shape index (κ3) is 3.32. The Bertz CT molecular complexity index is 957. The molecule has 1 N–H and O–H groups in total. The van der Waals surface area contributed by atoms with Crippen LogP contribution in [0.3, 0.4) is 0 Å². The van der Waals surface area contributed by atoms with Crippen molar-refractivity contribution in [1.82, 2.24) is 0 Å². The number of rotatable bonds is 4. The number of carboxylic acids is 1. The molecule has 0 saturated heterocycles. The second-order valence-electron chi connectivity index (χ2n) is 6.92. The van der Waals surface area contributed by atoms with Crippen LogP contribution in [0, 0.1) is 16.0 Å². The van der Waals surface area contributed by atoms with Crippen LogP contribution in [-0.4, -0.2) is 27.6 Å². The second-order valence-corrected chi connectivity index (χ2v) is 9.14. The van der Waals surface area contributed by atoms with Crippen molar-refractivity contribution in [2.24, 2.45) is 5.92 Å². The molecule has 0 radical (unpaired) electrons. The van der Waals surface area contributed by atoms with Crippen molar-refractivity contribution in [2.75, 3.05) is 5.32 Å². The van der Waals surface area contributed by atoms with Crippen LogP contribution in [-0.2, 0) is 4.79 Å². The van der Waals surface area contributed by atoms with Crippen LogP contribution in [0.5, 0.6) is 0 Å². The van der Waals surface area contributed by atoms with Gasteiger partial charge in [0, 0.05) is 27.9 Å². The first-order chi connectivity index (χ1) is 13.4. The minimum absolute atomic E-state index is 0.0178. The standard InChI is InChI=1S/C19H16Cl2N2O4S/c20-9-5-6-12-10(7-9)16-11(18(22-12)19(24)25)8-15(17(16)21)28-14-4-2-1-3-13(14)23(26)27/h1-7,11,15-18,22H,8H2,(H,24,25)/p-1/t11-,15+,16+,17-,18+/m1/s1. The number of halogens is 2. The highest BCUT2D eigenvalue weighted by Gasteiger charge is 2.50. The van der Waals surface area contributed by atoms with Gasteiger partial charge in [0.05, 0.1) is 27.2 Å². The number of hydrogen-bond acceptors (Lipinski definition) is 6. The Morgan fingerprint density at radius 2 is 2.00 bits per heavy atom. The minimum Gasteiger partial charge on any atom is -0.548 e. The number of fused-ring (bicyclic) bond motifs is 3. The Hall–Kier alpha value is -1.96. The minimum atomic E-state index is -1.18. The number of carbonyl (C=O) groups excluding carboxylic acids is 1. The third-order valence-corrected chi connectivity index (χ3v) is 7.72. The SMILES string of the molecule is O=C([O-])[C@H]1Nc2ccc(Cl)cc2[C@@H]2[C@H](Cl)[C@@H](Sc3ccccc3[N+](=O)[O-])C[C@H]21. The summed E-state index contributed by atoms with van der Waals surface area (Å²) < 4.78 is 0. The van der Waals surface area contributed by atoms with Crippen LogP contribution in [0.15, 0.2) is 47.4 Å². The fraction of sp³-hybridized carbons (Fsp3) is 0.316. The normalized spacial score (nSPS) is 28.1. The fourth-order valence-electron chi connectivity index (χ4n) is 4.19. The topological polar surface area (TPSA) is 95.3 Å². The zero-order valence-electron chi connectivity index (χ0n) is 14.4. The lowest BCUT2D eigenvalue weighted by molar-refractivity contribution is -0.387. The lowest BCUT2D eigenvalue weighted by Gasteiger charge is -2.38. The van der Waals surface area contributed by atoms with Crippen molar-refractivity contribution in [3.05, 3.63) is 63.2 Å². The van der Waals surface area contributed by atoms with E-state index in [9.17, 15) is 20.0 Å². The van der Waals surface area contributed by atoms with Crippen molar-refractivity contribution >= 4 is 52.3 Å². The van der Waals surface area contributed by atoms with Gasteiger partial charge in [-0.2, -0.15) is 0 Å². The average Bonchev–Trinajstić information content (AvgIpc) is 2.98. The molecule has 1 saturated carbocycles. The number of carbonyl (C=O) groups is 1. The second kappa shape index (κ2) is 7.46. The molecule has 1 aliphatic carbocycles. The molecule has 2 aliphatic rings. The molecule has 1 heterocycles. The van der Waals surface area contributed by atoms with E-state index in [2.05, 4.69) is 5.32 Å². The van der Waals surface area contributed by atoms with E-state index >= 15 is 0 Å². The van der Waals surface area contributed by atoms with Crippen molar-refractivity contribution < 1.29 is 14.8 Å². The van der Waals surface area contributed by atoms with E-state index in [1.165, 1.54) is 17.8 Å². The predicted molar refractivity (Wildman–Crippen MR) is 107 cm³/mol. The van der Waals surface area contributed by atoms with Gasteiger partial charge in [-0.1, -0.05) is 23.7 Å². The highest BCUT2D eigenvalue weighted by molar-refractivity contribution is 8.00. The van der Waals surface area contributed by atoms with E-state index in [0.717, 1.165) is 5.56 Å². The number of carboxylic acid groups (broad SMARTS) is 1. The third-order valence-electron chi connectivity index (χ3n) is 5.37. The van der Waals surface area contributed by atoms with E-state index in [0.29, 0.717) is 22.0 Å². The van der Waals surface area contributed by atoms with Crippen molar-refractivity contribution in [2.45, 2.75) is 33.9 Å². The van der Waals surface area contributed by atoms with Gasteiger partial charge in [-0.25, -0.2) is 0 Å². The van der Waals surface area contributed by atoms with Crippen molar-refractivity contribution in [3.63, 3.8) is 0 Å². The van der Waals surface area contributed by atoms with Gasteiger partial charge >= 0.3 is 0 Å². The zero-order valence-corrected chi connectivity index (χ0v) is 16.7. The number of anilines is 1. The quantitative estimate of drug-likeness (QED) is 0.445. The van der Waals surface area contributed by atoms with Gasteiger partial charge in [0.15, 0.2) is 0 Å². The number of hydrogen-bond donors (Lipinski definition) is 1. The number of alkyl halides is 1. The summed E-state index contributed by atoms with van der Waals surface area (Å²) in [5.74, 6) is -1.71. The maximum atomic E-state index is 11.7. The lowest BCUT2D eigenvalue weighted by Crippen LogP contribution is -2.49. The Morgan fingerprint density at radius 1 is 1.25 bits per heavy atom. The molecule has 0 aromatic heterocycles. The Kier molecular flexibility index (Phi) is 5.16. The molecule has 0 spiro atoms. The Morgan fingerprint density at radius 3 is 2.71 bits per heavy atom. The van der Waals surface area contributed by atoms with Crippen LogP contribution in [0.2, 0.25) is 5.02 Å². The summed E-state index contributed by atoms with van der Waals surface area (Å²) in [5, 5.41) is 26.1. The van der Waals surface area contributed by atoms with E-state index in [1.54, 1.807) is 36.4 Å². The Balaban J connectivity index is 1.70. The summed E-state index contributed by atoms with van der Waals surface area (Å²) in [6, 6.07) is 10.9. The first-order valence-corrected chi connectivity index (χ1v) is 10.4. The smallest absolute Gasteiger partial charge is 0.282 e. The summed E-state index contributed by atoms with van der Waals surface area (Å²) in [6.45, 7) is 0. The van der Waals surface area contributed by atoms with Gasteiger partial charge in [0.1, 0.15) is 0 Å². The maximum absolute atomic E-state index is 11.7. The van der Waals surface area contributed by atoms with E-state index in [4.69, 9.17) is 23.2 Å². The summed E-state index contributed by atoms with van der Waals surface area (Å²) >= 11 is 14.3. The Labute approximate surface area is 175 Å². The molecular formula is C19H15Cl2N2O4S-. The lowest BCUT2D eigenvalue weighted by atomic mass is 9.79. The maximum Gasteiger partial charge on any atom is 0.282 e. The first-order valence-electron chi connectivity index (χ1n) is 8.68. The molecule has 0 unspecified atom stereocenters. The van der Waals surface area contributed by atoms with Crippen molar-refractivity contribution in [3.8, 4) is 0 Å². The highest BCUT2D eigenvalue weighted by Crippen LogP contribution is 2.55. The number of nitrogens with zero attached hydrogens (tertiary/aromatic N) is 1. The molecular weight excluding hydrogens is 423 g/mol. The molecule has 2 aromatic carbocycles. The first kappa shape index (κ1) is 19.4. The molecule has 6 nitrogen and oxygen atoms in total.